The van der Waals surface area contributed by atoms with E-state index in [1.54, 1.807) is 0 Å². The predicted octanol–water partition coefficient (Wildman–Crippen LogP) is 2.64. The summed E-state index contributed by atoms with van der Waals surface area (Å²) in [6.07, 6.45) is 3.74. The first-order valence-electron chi connectivity index (χ1n) is 5.39. The molecule has 0 amide bonds. The van der Waals surface area contributed by atoms with Crippen LogP contribution in [0.5, 0.6) is 5.75 Å². The minimum absolute atomic E-state index is 0.408. The molecule has 2 nitrogen and oxygen atoms in total. The normalized spacial score (nSPS) is 15.3. The molecule has 0 aromatic heterocycles. The molecule has 0 unspecified atom stereocenters. The molecule has 82 valence electrons. The molecule has 1 saturated carbocycles. The molecular formula is C12H16ClNO. The van der Waals surface area contributed by atoms with Crippen LogP contribution in [0.15, 0.2) is 18.2 Å². The summed E-state index contributed by atoms with van der Waals surface area (Å²) in [6, 6.07) is 6.06. The molecule has 0 saturated heterocycles. The Balaban J connectivity index is 2.00. The van der Waals surface area contributed by atoms with Gasteiger partial charge in [0.05, 0.1) is 11.1 Å². The van der Waals surface area contributed by atoms with E-state index in [0.717, 1.165) is 36.6 Å². The monoisotopic (exact) mass is 225 g/mol. The molecule has 0 aliphatic heterocycles. The number of hydrogen-bond donors (Lipinski definition) is 1. The summed E-state index contributed by atoms with van der Waals surface area (Å²) in [6.45, 7) is 0.971. The standard InChI is InChI=1S/C12H16ClNO/c1-14-7-6-9-2-5-12(11(13)8-9)15-10-3-4-10/h2,5,8,10,14H,3-4,6-7H2,1H3. The number of ether oxygens (including phenoxy) is 1. The topological polar surface area (TPSA) is 21.3 Å². The SMILES string of the molecule is CNCCc1ccc(OC2CC2)c(Cl)c1. The zero-order valence-corrected chi connectivity index (χ0v) is 9.68. The van der Waals surface area contributed by atoms with Gasteiger partial charge in [-0.2, -0.15) is 0 Å². The minimum atomic E-state index is 0.408. The Morgan fingerprint density at radius 1 is 1.47 bits per heavy atom. The largest absolute Gasteiger partial charge is 0.489 e. The lowest BCUT2D eigenvalue weighted by atomic mass is 10.1. The van der Waals surface area contributed by atoms with Crippen molar-refractivity contribution >= 4 is 11.6 Å². The van der Waals surface area contributed by atoms with Gasteiger partial charge in [0.2, 0.25) is 0 Å². The Morgan fingerprint density at radius 3 is 2.87 bits per heavy atom. The molecule has 0 heterocycles. The molecule has 15 heavy (non-hydrogen) atoms. The Hall–Kier alpha value is -0.730. The van der Waals surface area contributed by atoms with Crippen molar-refractivity contribution in [3.05, 3.63) is 28.8 Å². The third-order valence-electron chi connectivity index (χ3n) is 2.48. The van der Waals surface area contributed by atoms with Gasteiger partial charge < -0.3 is 10.1 Å². The van der Waals surface area contributed by atoms with Crippen molar-refractivity contribution < 1.29 is 4.74 Å². The summed E-state index contributed by atoms with van der Waals surface area (Å²) in [7, 11) is 1.95. The second-order valence-corrected chi connectivity index (χ2v) is 4.34. The van der Waals surface area contributed by atoms with Crippen molar-refractivity contribution in [3.63, 3.8) is 0 Å². The van der Waals surface area contributed by atoms with Gasteiger partial charge in [0.25, 0.3) is 0 Å². The minimum Gasteiger partial charge on any atom is -0.489 e. The molecular weight excluding hydrogens is 210 g/mol. The van der Waals surface area contributed by atoms with Crippen molar-refractivity contribution in [2.24, 2.45) is 0 Å². The van der Waals surface area contributed by atoms with Crippen molar-refractivity contribution in [1.82, 2.24) is 5.32 Å². The van der Waals surface area contributed by atoms with Gasteiger partial charge >= 0.3 is 0 Å². The fraction of sp³-hybridized carbons (Fsp3) is 0.500. The first-order chi connectivity index (χ1) is 7.29. The van der Waals surface area contributed by atoms with E-state index in [9.17, 15) is 0 Å². The molecule has 3 heteroatoms. The van der Waals surface area contributed by atoms with Crippen LogP contribution in [0.25, 0.3) is 0 Å². The molecule has 0 atom stereocenters. The Kier molecular flexibility index (Phi) is 3.49. The van der Waals surface area contributed by atoms with Gasteiger partial charge in [0, 0.05) is 0 Å². The maximum Gasteiger partial charge on any atom is 0.138 e. The third kappa shape index (κ3) is 3.11. The van der Waals surface area contributed by atoms with Crippen LogP contribution in [0.2, 0.25) is 5.02 Å². The molecule has 0 bridgehead atoms. The predicted molar refractivity (Wildman–Crippen MR) is 62.7 cm³/mol. The van der Waals surface area contributed by atoms with Crippen LogP contribution < -0.4 is 10.1 Å². The summed E-state index contributed by atoms with van der Waals surface area (Å²) in [5, 5.41) is 3.85. The van der Waals surface area contributed by atoms with Crippen LogP contribution in [0.1, 0.15) is 18.4 Å². The van der Waals surface area contributed by atoms with Crippen molar-refractivity contribution in [2.45, 2.75) is 25.4 Å². The van der Waals surface area contributed by atoms with Crippen molar-refractivity contribution in [3.8, 4) is 5.75 Å². The Morgan fingerprint density at radius 2 is 2.27 bits per heavy atom. The van der Waals surface area contributed by atoms with E-state index >= 15 is 0 Å². The molecule has 1 fully saturated rings. The highest BCUT2D eigenvalue weighted by molar-refractivity contribution is 6.32. The van der Waals surface area contributed by atoms with Gasteiger partial charge in [0.1, 0.15) is 5.75 Å². The first-order valence-corrected chi connectivity index (χ1v) is 5.77. The number of benzene rings is 1. The van der Waals surface area contributed by atoms with E-state index in [2.05, 4.69) is 11.4 Å². The highest BCUT2D eigenvalue weighted by Crippen LogP contribution is 2.32. The number of halogens is 1. The van der Waals surface area contributed by atoms with Crippen LogP contribution in [0, 0.1) is 0 Å². The fourth-order valence-electron chi connectivity index (χ4n) is 1.43. The highest BCUT2D eigenvalue weighted by Gasteiger charge is 2.24. The van der Waals surface area contributed by atoms with Crippen LogP contribution in [0.4, 0.5) is 0 Å². The van der Waals surface area contributed by atoms with E-state index in [1.807, 2.05) is 19.2 Å². The zero-order valence-electron chi connectivity index (χ0n) is 8.92. The summed E-state index contributed by atoms with van der Waals surface area (Å²) < 4.78 is 5.67. The van der Waals surface area contributed by atoms with E-state index in [1.165, 1.54) is 5.56 Å². The summed E-state index contributed by atoms with van der Waals surface area (Å²) in [4.78, 5) is 0. The maximum absolute atomic E-state index is 6.13. The smallest absolute Gasteiger partial charge is 0.138 e. The third-order valence-corrected chi connectivity index (χ3v) is 2.77. The average Bonchev–Trinajstić information content (AvgIpc) is 3.02. The molecule has 1 aromatic rings. The summed E-state index contributed by atoms with van der Waals surface area (Å²) >= 11 is 6.13. The van der Waals surface area contributed by atoms with Crippen LogP contribution >= 0.6 is 11.6 Å². The van der Waals surface area contributed by atoms with Crippen molar-refractivity contribution in [2.75, 3.05) is 13.6 Å². The first kappa shape index (κ1) is 10.8. The number of likely N-dealkylation sites (N-methyl/N-ethyl adjacent to an activating group) is 1. The Labute approximate surface area is 95.6 Å². The highest BCUT2D eigenvalue weighted by atomic mass is 35.5. The van der Waals surface area contributed by atoms with Gasteiger partial charge in [-0.25, -0.2) is 0 Å². The average molecular weight is 226 g/mol. The number of nitrogens with one attached hydrogen (secondary N) is 1. The van der Waals surface area contributed by atoms with E-state index in [-0.39, 0.29) is 0 Å². The van der Waals surface area contributed by atoms with E-state index in [0.29, 0.717) is 6.10 Å². The van der Waals surface area contributed by atoms with Gasteiger partial charge in [-0.1, -0.05) is 17.7 Å². The zero-order chi connectivity index (χ0) is 10.7. The maximum atomic E-state index is 6.13. The molecule has 2 rings (SSSR count). The van der Waals surface area contributed by atoms with Gasteiger partial charge in [-0.3, -0.25) is 0 Å². The number of rotatable bonds is 5. The van der Waals surface area contributed by atoms with Crippen LogP contribution in [-0.2, 0) is 6.42 Å². The van der Waals surface area contributed by atoms with Gasteiger partial charge in [-0.05, 0) is 50.6 Å². The summed E-state index contributed by atoms with van der Waals surface area (Å²) in [5.41, 5.74) is 1.25. The van der Waals surface area contributed by atoms with Crippen LogP contribution in [-0.4, -0.2) is 19.7 Å². The van der Waals surface area contributed by atoms with E-state index in [4.69, 9.17) is 16.3 Å². The summed E-state index contributed by atoms with van der Waals surface area (Å²) in [5.74, 6) is 0.826. The number of hydrogen-bond acceptors (Lipinski definition) is 2. The fourth-order valence-corrected chi connectivity index (χ4v) is 1.68. The quantitative estimate of drug-likeness (QED) is 0.832. The lowest BCUT2D eigenvalue weighted by Gasteiger charge is -2.08. The van der Waals surface area contributed by atoms with Crippen LogP contribution in [0.3, 0.4) is 0 Å². The van der Waals surface area contributed by atoms with Gasteiger partial charge in [-0.15, -0.1) is 0 Å². The lowest BCUT2D eigenvalue weighted by molar-refractivity contribution is 0.303. The Bertz CT molecular complexity index is 336. The van der Waals surface area contributed by atoms with Crippen molar-refractivity contribution in [1.29, 1.82) is 0 Å². The lowest BCUT2D eigenvalue weighted by Crippen LogP contribution is -2.10. The molecule has 0 radical (unpaired) electrons. The molecule has 1 aromatic carbocycles. The molecule has 1 aliphatic carbocycles. The second kappa shape index (κ2) is 4.86. The molecule has 1 N–H and O–H groups in total. The molecule has 0 spiro atoms. The van der Waals surface area contributed by atoms with Gasteiger partial charge in [0.15, 0.2) is 0 Å². The second-order valence-electron chi connectivity index (χ2n) is 3.94. The molecule has 1 aliphatic rings. The van der Waals surface area contributed by atoms with E-state index < -0.39 is 0 Å².